The van der Waals surface area contributed by atoms with Gasteiger partial charge in [-0.2, -0.15) is 0 Å². The number of pyridine rings is 1. The van der Waals surface area contributed by atoms with Crippen LogP contribution in [-0.4, -0.2) is 19.9 Å². The van der Waals surface area contributed by atoms with Crippen molar-refractivity contribution in [2.75, 3.05) is 5.32 Å². The molecule has 0 saturated heterocycles. The summed E-state index contributed by atoms with van der Waals surface area (Å²) in [7, 11) is 0. The molecule has 0 aliphatic carbocycles. The van der Waals surface area contributed by atoms with Crippen LogP contribution < -0.4 is 11.1 Å². The second kappa shape index (κ2) is 4.63. The van der Waals surface area contributed by atoms with E-state index in [-0.39, 0.29) is 0 Å². The highest BCUT2D eigenvalue weighted by molar-refractivity contribution is 7.80. The van der Waals surface area contributed by atoms with Crippen LogP contribution in [0.4, 0.5) is 11.5 Å². The molecule has 16 heavy (non-hydrogen) atoms. The van der Waals surface area contributed by atoms with Crippen LogP contribution in [0.25, 0.3) is 0 Å². The van der Waals surface area contributed by atoms with E-state index in [9.17, 15) is 0 Å². The maximum absolute atomic E-state index is 5.47. The van der Waals surface area contributed by atoms with E-state index in [0.29, 0.717) is 10.8 Å². The first-order chi connectivity index (χ1) is 7.75. The van der Waals surface area contributed by atoms with Crippen molar-refractivity contribution in [3.8, 4) is 0 Å². The summed E-state index contributed by atoms with van der Waals surface area (Å²) in [5.74, 6) is 0.690. The molecule has 0 aliphatic heterocycles. The maximum atomic E-state index is 5.47. The van der Waals surface area contributed by atoms with Gasteiger partial charge in [0.05, 0.1) is 18.1 Å². The summed E-state index contributed by atoms with van der Waals surface area (Å²) in [6.07, 6.45) is 6.41. The summed E-state index contributed by atoms with van der Waals surface area (Å²) in [4.78, 5) is 12.3. The van der Waals surface area contributed by atoms with E-state index in [2.05, 4.69) is 20.3 Å². The van der Waals surface area contributed by atoms with Gasteiger partial charge in [0.15, 0.2) is 0 Å². The molecule has 0 aliphatic rings. The van der Waals surface area contributed by atoms with Gasteiger partial charge < -0.3 is 11.1 Å². The van der Waals surface area contributed by atoms with Crippen molar-refractivity contribution in [2.45, 2.75) is 0 Å². The maximum Gasteiger partial charge on any atom is 0.130 e. The van der Waals surface area contributed by atoms with Gasteiger partial charge in [0.1, 0.15) is 17.1 Å². The van der Waals surface area contributed by atoms with E-state index in [1.807, 2.05) is 6.07 Å². The van der Waals surface area contributed by atoms with Crippen LogP contribution in [0.2, 0.25) is 0 Å². The monoisotopic (exact) mass is 231 g/mol. The SMILES string of the molecule is NC(=S)c1ccc(Nc2cncnc2)nc1. The molecule has 0 bridgehead atoms. The standard InChI is InChI=1S/C10H9N5S/c11-10(16)7-1-2-9(14-3-7)15-8-4-12-6-13-5-8/h1-6H,(H2,11,16)(H,14,15). The normalized spacial score (nSPS) is 9.75. The average molecular weight is 231 g/mol. The third-order valence-corrected chi connectivity index (χ3v) is 2.12. The van der Waals surface area contributed by atoms with Crippen molar-refractivity contribution in [1.29, 1.82) is 0 Å². The lowest BCUT2D eigenvalue weighted by Gasteiger charge is -2.04. The summed E-state index contributed by atoms with van der Waals surface area (Å²) < 4.78 is 0. The first-order valence-corrected chi connectivity index (χ1v) is 4.94. The van der Waals surface area contributed by atoms with Crippen LogP contribution >= 0.6 is 12.2 Å². The Balaban J connectivity index is 2.14. The third kappa shape index (κ3) is 2.48. The summed E-state index contributed by atoms with van der Waals surface area (Å²) in [5.41, 5.74) is 6.98. The van der Waals surface area contributed by atoms with Gasteiger partial charge in [-0.3, -0.25) is 0 Å². The zero-order valence-electron chi connectivity index (χ0n) is 8.29. The van der Waals surface area contributed by atoms with Gasteiger partial charge in [-0.25, -0.2) is 15.0 Å². The predicted octanol–water partition coefficient (Wildman–Crippen LogP) is 1.25. The molecule has 0 saturated carbocycles. The molecule has 2 aromatic rings. The third-order valence-electron chi connectivity index (χ3n) is 1.88. The summed E-state index contributed by atoms with van der Waals surface area (Å²) >= 11 is 4.83. The molecule has 2 aromatic heterocycles. The van der Waals surface area contributed by atoms with Crippen molar-refractivity contribution in [1.82, 2.24) is 15.0 Å². The minimum absolute atomic E-state index is 0.335. The molecule has 0 spiro atoms. The highest BCUT2D eigenvalue weighted by atomic mass is 32.1. The van der Waals surface area contributed by atoms with E-state index in [1.54, 1.807) is 24.7 Å². The average Bonchev–Trinajstić information content (AvgIpc) is 2.31. The Morgan fingerprint density at radius 2 is 1.94 bits per heavy atom. The molecule has 80 valence electrons. The van der Waals surface area contributed by atoms with Crippen molar-refractivity contribution < 1.29 is 0 Å². The van der Waals surface area contributed by atoms with Crippen molar-refractivity contribution >= 4 is 28.7 Å². The molecular weight excluding hydrogens is 222 g/mol. The van der Waals surface area contributed by atoms with Crippen molar-refractivity contribution in [2.24, 2.45) is 5.73 Å². The Labute approximate surface area is 97.8 Å². The fraction of sp³-hybridized carbons (Fsp3) is 0. The number of nitrogens with two attached hydrogens (primary N) is 1. The lowest BCUT2D eigenvalue weighted by atomic mass is 10.3. The Morgan fingerprint density at radius 3 is 2.50 bits per heavy atom. The number of nitrogens with zero attached hydrogens (tertiary/aromatic N) is 3. The molecule has 0 amide bonds. The number of rotatable bonds is 3. The Hall–Kier alpha value is -2.08. The number of nitrogens with one attached hydrogen (secondary N) is 1. The van der Waals surface area contributed by atoms with Gasteiger partial charge in [-0.05, 0) is 12.1 Å². The fourth-order valence-electron chi connectivity index (χ4n) is 1.13. The molecule has 3 N–H and O–H groups in total. The predicted molar refractivity (Wildman–Crippen MR) is 65.4 cm³/mol. The topological polar surface area (TPSA) is 76.7 Å². The summed E-state index contributed by atoms with van der Waals surface area (Å²) in [5, 5.41) is 3.05. The highest BCUT2D eigenvalue weighted by Crippen LogP contribution is 2.11. The van der Waals surface area contributed by atoms with Crippen molar-refractivity contribution in [3.63, 3.8) is 0 Å². The molecule has 0 fully saturated rings. The number of anilines is 2. The fourth-order valence-corrected chi connectivity index (χ4v) is 1.25. The van der Waals surface area contributed by atoms with Crippen LogP contribution in [0.3, 0.4) is 0 Å². The molecular formula is C10H9N5S. The molecule has 2 rings (SSSR count). The van der Waals surface area contributed by atoms with Crippen LogP contribution in [0.5, 0.6) is 0 Å². The number of thiocarbonyl (C=S) groups is 1. The van der Waals surface area contributed by atoms with Gasteiger partial charge in [-0.1, -0.05) is 12.2 Å². The van der Waals surface area contributed by atoms with Crippen LogP contribution in [0.15, 0.2) is 37.1 Å². The molecule has 0 atom stereocenters. The lowest BCUT2D eigenvalue weighted by molar-refractivity contribution is 1.16. The van der Waals surface area contributed by atoms with Gasteiger partial charge in [0, 0.05) is 11.8 Å². The molecule has 0 unspecified atom stereocenters. The first kappa shape index (κ1) is 10.4. The van der Waals surface area contributed by atoms with Gasteiger partial charge in [0.25, 0.3) is 0 Å². The van der Waals surface area contributed by atoms with E-state index in [1.165, 1.54) is 6.33 Å². The largest absolute Gasteiger partial charge is 0.389 e. The van der Waals surface area contributed by atoms with Gasteiger partial charge in [0.2, 0.25) is 0 Å². The zero-order valence-corrected chi connectivity index (χ0v) is 9.11. The quantitative estimate of drug-likeness (QED) is 0.774. The Morgan fingerprint density at radius 1 is 1.19 bits per heavy atom. The highest BCUT2D eigenvalue weighted by Gasteiger charge is 1.98. The van der Waals surface area contributed by atoms with Gasteiger partial charge >= 0.3 is 0 Å². The van der Waals surface area contributed by atoms with Crippen LogP contribution in [0, 0.1) is 0 Å². The van der Waals surface area contributed by atoms with E-state index < -0.39 is 0 Å². The number of hydrogen-bond donors (Lipinski definition) is 2. The number of hydrogen-bond acceptors (Lipinski definition) is 5. The van der Waals surface area contributed by atoms with Gasteiger partial charge in [-0.15, -0.1) is 0 Å². The molecule has 6 heteroatoms. The van der Waals surface area contributed by atoms with Crippen LogP contribution in [-0.2, 0) is 0 Å². The van der Waals surface area contributed by atoms with E-state index in [4.69, 9.17) is 18.0 Å². The molecule has 2 heterocycles. The molecule has 0 aromatic carbocycles. The molecule has 0 radical (unpaired) electrons. The Bertz CT molecular complexity index is 482. The second-order valence-corrected chi connectivity index (χ2v) is 3.49. The smallest absolute Gasteiger partial charge is 0.130 e. The van der Waals surface area contributed by atoms with E-state index >= 15 is 0 Å². The number of aromatic nitrogens is 3. The minimum atomic E-state index is 0.335. The summed E-state index contributed by atoms with van der Waals surface area (Å²) in [6, 6.07) is 3.60. The lowest BCUT2D eigenvalue weighted by Crippen LogP contribution is -2.09. The zero-order chi connectivity index (χ0) is 11.4. The Kier molecular flexibility index (Phi) is 3.02. The first-order valence-electron chi connectivity index (χ1n) is 4.53. The molecule has 5 nitrogen and oxygen atoms in total. The second-order valence-electron chi connectivity index (χ2n) is 3.05. The van der Waals surface area contributed by atoms with Crippen LogP contribution in [0.1, 0.15) is 5.56 Å². The summed E-state index contributed by atoms with van der Waals surface area (Å²) in [6.45, 7) is 0. The van der Waals surface area contributed by atoms with E-state index in [0.717, 1.165) is 11.3 Å². The minimum Gasteiger partial charge on any atom is -0.389 e. The van der Waals surface area contributed by atoms with Crippen molar-refractivity contribution in [3.05, 3.63) is 42.6 Å².